The standard InChI is InChI=1S/C5H14N4.C5H9NO4S/c6-3-1-2-4-9-5(7)8;7-4(8)1-6-3(2-11)5(9)10/h1-4,6H2,(H4,7,8,9);3,6,11H,1-2H2,(H,7,8)(H,9,10). The minimum atomic E-state index is -1.10. The van der Waals surface area contributed by atoms with Crippen LogP contribution in [-0.4, -0.2) is 59.5 Å². The van der Waals surface area contributed by atoms with Gasteiger partial charge in [0.15, 0.2) is 5.96 Å². The van der Waals surface area contributed by atoms with Crippen molar-refractivity contribution in [1.82, 2.24) is 5.32 Å². The Kier molecular flexibility index (Phi) is 14.5. The summed E-state index contributed by atoms with van der Waals surface area (Å²) in [6.45, 7) is 1.04. The number of hydrogen-bond acceptors (Lipinski definition) is 6. The molecule has 0 spiro atoms. The van der Waals surface area contributed by atoms with Crippen LogP contribution in [0.15, 0.2) is 4.99 Å². The third-order valence-corrected chi connectivity index (χ3v) is 2.25. The molecule has 0 radical (unpaired) electrons. The third-order valence-electron chi connectivity index (χ3n) is 1.89. The molecule has 0 aromatic rings. The van der Waals surface area contributed by atoms with Gasteiger partial charge in [0.1, 0.15) is 6.04 Å². The van der Waals surface area contributed by atoms with Gasteiger partial charge in [-0.1, -0.05) is 0 Å². The van der Waals surface area contributed by atoms with Crippen LogP contribution in [0.5, 0.6) is 0 Å². The quantitative estimate of drug-likeness (QED) is 0.111. The number of nitrogens with one attached hydrogen (secondary N) is 1. The predicted molar refractivity (Wildman–Crippen MR) is 79.9 cm³/mol. The van der Waals surface area contributed by atoms with Crippen LogP contribution in [0.25, 0.3) is 0 Å². The molecule has 1 atom stereocenters. The molecule has 0 aliphatic rings. The van der Waals surface area contributed by atoms with E-state index in [1.807, 2.05) is 0 Å². The maximum absolute atomic E-state index is 10.2. The lowest BCUT2D eigenvalue weighted by Crippen LogP contribution is -2.40. The van der Waals surface area contributed by atoms with Crippen LogP contribution in [-0.2, 0) is 9.59 Å². The first-order valence-corrected chi connectivity index (χ1v) is 6.52. The SMILES string of the molecule is NCCCCN=C(N)N.O=C(O)CNC(CS)C(=O)O. The molecule has 0 aliphatic heterocycles. The molecular weight excluding hydrogens is 286 g/mol. The van der Waals surface area contributed by atoms with E-state index in [4.69, 9.17) is 27.4 Å². The van der Waals surface area contributed by atoms with Crippen LogP contribution in [0.4, 0.5) is 0 Å². The molecule has 0 aromatic heterocycles. The molecule has 9 nitrogen and oxygen atoms in total. The van der Waals surface area contributed by atoms with Crippen molar-refractivity contribution in [2.45, 2.75) is 18.9 Å². The lowest BCUT2D eigenvalue weighted by molar-refractivity contribution is -0.139. The Morgan fingerprint density at radius 2 is 1.85 bits per heavy atom. The molecule has 0 saturated carbocycles. The Balaban J connectivity index is 0. The van der Waals surface area contributed by atoms with Crippen LogP contribution in [0, 0.1) is 0 Å². The summed E-state index contributed by atoms with van der Waals surface area (Å²) >= 11 is 3.72. The summed E-state index contributed by atoms with van der Waals surface area (Å²) in [6.07, 6.45) is 1.95. The van der Waals surface area contributed by atoms with Gasteiger partial charge >= 0.3 is 11.9 Å². The summed E-state index contributed by atoms with van der Waals surface area (Å²) in [6, 6.07) is -0.894. The van der Waals surface area contributed by atoms with Crippen molar-refractivity contribution in [3.8, 4) is 0 Å². The van der Waals surface area contributed by atoms with Crippen LogP contribution in [0.3, 0.4) is 0 Å². The third kappa shape index (κ3) is 16.5. The highest BCUT2D eigenvalue weighted by Crippen LogP contribution is 1.86. The first-order chi connectivity index (χ1) is 9.34. The Bertz CT molecular complexity index is 310. The molecular formula is C10H23N5O4S. The average Bonchev–Trinajstić information content (AvgIpc) is 2.35. The summed E-state index contributed by atoms with van der Waals surface area (Å²) < 4.78 is 0. The number of hydrogen-bond donors (Lipinski definition) is 7. The first-order valence-electron chi connectivity index (χ1n) is 5.89. The summed E-state index contributed by atoms with van der Waals surface area (Å²) in [5.41, 5.74) is 15.4. The Morgan fingerprint density at radius 1 is 1.25 bits per heavy atom. The van der Waals surface area contributed by atoms with Crippen molar-refractivity contribution in [1.29, 1.82) is 0 Å². The van der Waals surface area contributed by atoms with Gasteiger partial charge < -0.3 is 27.4 Å². The van der Waals surface area contributed by atoms with Gasteiger partial charge in [-0.15, -0.1) is 0 Å². The topological polar surface area (TPSA) is 177 Å². The fourth-order valence-corrected chi connectivity index (χ4v) is 1.19. The Morgan fingerprint density at radius 3 is 2.20 bits per heavy atom. The van der Waals surface area contributed by atoms with E-state index in [2.05, 4.69) is 22.9 Å². The minimum Gasteiger partial charge on any atom is -0.480 e. The predicted octanol–water partition coefficient (Wildman–Crippen LogP) is -1.96. The van der Waals surface area contributed by atoms with E-state index in [1.165, 1.54) is 0 Å². The van der Waals surface area contributed by atoms with E-state index < -0.39 is 18.0 Å². The highest BCUT2D eigenvalue weighted by molar-refractivity contribution is 7.80. The number of aliphatic carboxylic acids is 2. The second-order valence-electron chi connectivity index (χ2n) is 3.65. The average molecular weight is 309 g/mol. The molecule has 0 bridgehead atoms. The number of carboxylic acids is 2. The Hall–Kier alpha value is -1.52. The van der Waals surface area contributed by atoms with Crippen molar-refractivity contribution in [3.05, 3.63) is 0 Å². The summed E-state index contributed by atoms with van der Waals surface area (Å²) in [5.74, 6) is -1.95. The van der Waals surface area contributed by atoms with Crippen molar-refractivity contribution < 1.29 is 19.8 Å². The van der Waals surface area contributed by atoms with E-state index in [1.54, 1.807) is 0 Å². The number of carboxylic acid groups (broad SMARTS) is 2. The number of guanidine groups is 1. The van der Waals surface area contributed by atoms with Gasteiger partial charge in [-0.05, 0) is 19.4 Å². The monoisotopic (exact) mass is 309 g/mol. The number of unbranched alkanes of at least 4 members (excludes halogenated alkanes) is 1. The molecule has 9 N–H and O–H groups in total. The maximum Gasteiger partial charge on any atom is 0.321 e. The van der Waals surface area contributed by atoms with Gasteiger partial charge in [-0.25, -0.2) is 0 Å². The lowest BCUT2D eigenvalue weighted by Gasteiger charge is -2.08. The second kappa shape index (κ2) is 13.9. The van der Waals surface area contributed by atoms with Crippen molar-refractivity contribution >= 4 is 30.5 Å². The van der Waals surface area contributed by atoms with Crippen molar-refractivity contribution in [2.75, 3.05) is 25.4 Å². The molecule has 118 valence electrons. The number of aliphatic imine (C=N–C) groups is 1. The molecule has 20 heavy (non-hydrogen) atoms. The van der Waals surface area contributed by atoms with Gasteiger partial charge in [0.05, 0.1) is 6.54 Å². The van der Waals surface area contributed by atoms with E-state index in [9.17, 15) is 9.59 Å². The van der Waals surface area contributed by atoms with E-state index in [0.29, 0.717) is 13.1 Å². The summed E-state index contributed by atoms with van der Waals surface area (Å²) in [7, 11) is 0. The zero-order valence-corrected chi connectivity index (χ0v) is 12.1. The van der Waals surface area contributed by atoms with Gasteiger partial charge in [0.25, 0.3) is 0 Å². The lowest BCUT2D eigenvalue weighted by atomic mass is 10.3. The molecule has 0 amide bonds. The number of carbonyl (C=O) groups is 2. The fraction of sp³-hybridized carbons (Fsp3) is 0.700. The number of nitrogens with zero attached hydrogens (tertiary/aromatic N) is 1. The van der Waals surface area contributed by atoms with Gasteiger partial charge in [0, 0.05) is 12.3 Å². The number of thiol groups is 1. The van der Waals surface area contributed by atoms with Gasteiger partial charge in [0.2, 0.25) is 0 Å². The number of nitrogens with two attached hydrogens (primary N) is 3. The zero-order valence-electron chi connectivity index (χ0n) is 11.2. The first kappa shape index (κ1) is 20.8. The van der Waals surface area contributed by atoms with Crippen molar-refractivity contribution in [3.63, 3.8) is 0 Å². The Labute approximate surface area is 123 Å². The molecule has 0 rings (SSSR count). The molecule has 10 heteroatoms. The normalized spacial score (nSPS) is 10.9. The van der Waals surface area contributed by atoms with Gasteiger partial charge in [-0.2, -0.15) is 12.6 Å². The molecule has 0 fully saturated rings. The molecule has 0 aliphatic carbocycles. The minimum absolute atomic E-state index is 0.0720. The summed E-state index contributed by atoms with van der Waals surface area (Å²) in [4.78, 5) is 24.0. The maximum atomic E-state index is 10.2. The van der Waals surface area contributed by atoms with Gasteiger partial charge in [-0.3, -0.25) is 19.9 Å². The van der Waals surface area contributed by atoms with Crippen LogP contribution >= 0.6 is 12.6 Å². The largest absolute Gasteiger partial charge is 0.480 e. The molecule has 0 aromatic carbocycles. The zero-order chi connectivity index (χ0) is 16.0. The van der Waals surface area contributed by atoms with Crippen LogP contribution in [0.1, 0.15) is 12.8 Å². The summed E-state index contributed by atoms with van der Waals surface area (Å²) in [5, 5.41) is 18.8. The molecule has 0 saturated heterocycles. The van der Waals surface area contributed by atoms with E-state index in [0.717, 1.165) is 12.8 Å². The van der Waals surface area contributed by atoms with E-state index in [-0.39, 0.29) is 18.3 Å². The van der Waals surface area contributed by atoms with Crippen LogP contribution < -0.4 is 22.5 Å². The smallest absolute Gasteiger partial charge is 0.321 e. The fourth-order valence-electron chi connectivity index (χ4n) is 0.905. The molecule has 0 heterocycles. The second-order valence-corrected chi connectivity index (χ2v) is 4.02. The van der Waals surface area contributed by atoms with Crippen molar-refractivity contribution in [2.24, 2.45) is 22.2 Å². The van der Waals surface area contributed by atoms with Crippen LogP contribution in [0.2, 0.25) is 0 Å². The van der Waals surface area contributed by atoms with E-state index >= 15 is 0 Å². The highest BCUT2D eigenvalue weighted by Gasteiger charge is 2.14. The number of rotatable bonds is 9. The molecule has 1 unspecified atom stereocenters. The highest BCUT2D eigenvalue weighted by atomic mass is 32.1.